The van der Waals surface area contributed by atoms with Gasteiger partial charge in [0.2, 0.25) is 5.91 Å². The zero-order valence-electron chi connectivity index (χ0n) is 14.9. The molecule has 0 unspecified atom stereocenters. The van der Waals surface area contributed by atoms with Crippen molar-refractivity contribution < 1.29 is 19.5 Å². The van der Waals surface area contributed by atoms with Gasteiger partial charge in [-0.3, -0.25) is 14.4 Å². The Morgan fingerprint density at radius 3 is 2.04 bits per heavy atom. The minimum atomic E-state index is -0.784. The van der Waals surface area contributed by atoms with Gasteiger partial charge in [0.1, 0.15) is 0 Å². The number of carbonyl (C=O) groups excluding carboxylic acids is 2. The summed E-state index contributed by atoms with van der Waals surface area (Å²) in [6, 6.07) is 4.81. The molecule has 2 heterocycles. The minimum absolute atomic E-state index is 0.0757. The summed E-state index contributed by atoms with van der Waals surface area (Å²) >= 11 is 12.1. The molecule has 2 aliphatic rings. The molecular formula is C19H22Cl2N2O4. The van der Waals surface area contributed by atoms with Crippen molar-refractivity contribution >= 4 is 41.0 Å². The summed E-state index contributed by atoms with van der Waals surface area (Å²) in [4.78, 5) is 39.9. The Kier molecular flexibility index (Phi) is 6.27. The molecule has 27 heavy (non-hydrogen) atoms. The number of carboxylic acid groups (broad SMARTS) is 1. The lowest BCUT2D eigenvalue weighted by atomic mass is 9.92. The van der Waals surface area contributed by atoms with Crippen molar-refractivity contribution in [2.75, 3.05) is 26.2 Å². The number of benzene rings is 1. The highest BCUT2D eigenvalue weighted by atomic mass is 35.5. The maximum atomic E-state index is 12.7. The normalized spacial score (nSPS) is 19.2. The molecule has 1 N–H and O–H groups in total. The Hall–Kier alpha value is -1.79. The Labute approximate surface area is 168 Å². The highest BCUT2D eigenvalue weighted by molar-refractivity contribution is 6.35. The highest BCUT2D eigenvalue weighted by Gasteiger charge is 2.33. The van der Waals surface area contributed by atoms with Crippen LogP contribution < -0.4 is 0 Å². The molecule has 146 valence electrons. The fourth-order valence-corrected chi connectivity index (χ4v) is 4.14. The maximum Gasteiger partial charge on any atom is 0.306 e. The number of nitrogens with zero attached hydrogens (tertiary/aromatic N) is 2. The molecule has 3 rings (SSSR count). The van der Waals surface area contributed by atoms with Gasteiger partial charge < -0.3 is 14.9 Å². The molecule has 0 saturated carbocycles. The summed E-state index contributed by atoms with van der Waals surface area (Å²) in [5, 5.41) is 9.89. The fraction of sp³-hybridized carbons (Fsp3) is 0.526. The van der Waals surface area contributed by atoms with E-state index in [4.69, 9.17) is 28.3 Å². The van der Waals surface area contributed by atoms with Crippen molar-refractivity contribution in [3.8, 4) is 0 Å². The van der Waals surface area contributed by atoms with Gasteiger partial charge in [-0.1, -0.05) is 23.2 Å². The van der Waals surface area contributed by atoms with Crippen molar-refractivity contribution in [2.45, 2.75) is 25.7 Å². The van der Waals surface area contributed by atoms with Crippen molar-refractivity contribution in [2.24, 2.45) is 11.8 Å². The molecule has 2 fully saturated rings. The molecule has 0 bridgehead atoms. The fourth-order valence-electron chi connectivity index (χ4n) is 3.77. The van der Waals surface area contributed by atoms with Crippen LogP contribution in [-0.4, -0.2) is 58.9 Å². The Morgan fingerprint density at radius 2 is 1.44 bits per heavy atom. The smallest absolute Gasteiger partial charge is 0.306 e. The summed E-state index contributed by atoms with van der Waals surface area (Å²) in [5.74, 6) is -1.35. The minimum Gasteiger partial charge on any atom is -0.481 e. The number of piperidine rings is 2. The largest absolute Gasteiger partial charge is 0.481 e. The molecule has 2 aliphatic heterocycles. The van der Waals surface area contributed by atoms with Crippen LogP contribution in [0.4, 0.5) is 0 Å². The first kappa shape index (κ1) is 20.0. The molecule has 0 atom stereocenters. The number of carboxylic acids is 1. The van der Waals surface area contributed by atoms with Gasteiger partial charge in [-0.2, -0.15) is 0 Å². The van der Waals surface area contributed by atoms with E-state index in [2.05, 4.69) is 0 Å². The Bertz CT molecular complexity index is 739. The molecule has 0 aliphatic carbocycles. The monoisotopic (exact) mass is 412 g/mol. The third-order valence-electron chi connectivity index (χ3n) is 5.45. The van der Waals surface area contributed by atoms with Gasteiger partial charge in [0.05, 0.1) is 16.5 Å². The zero-order chi connectivity index (χ0) is 19.6. The van der Waals surface area contributed by atoms with Gasteiger partial charge in [0, 0.05) is 37.1 Å². The SMILES string of the molecule is O=C(O)C1CCN(C(=O)C2CCN(C(=O)c3cc(Cl)ccc3Cl)CC2)CC1. The lowest BCUT2D eigenvalue weighted by molar-refractivity contribution is -0.147. The van der Waals surface area contributed by atoms with E-state index in [0.29, 0.717) is 67.5 Å². The maximum absolute atomic E-state index is 12.7. The Morgan fingerprint density at radius 1 is 0.889 bits per heavy atom. The molecule has 8 heteroatoms. The Balaban J connectivity index is 1.54. The number of amides is 2. The molecular weight excluding hydrogens is 391 g/mol. The molecule has 2 amide bonds. The van der Waals surface area contributed by atoms with Crippen molar-refractivity contribution in [3.05, 3.63) is 33.8 Å². The van der Waals surface area contributed by atoms with Crippen LogP contribution in [0.25, 0.3) is 0 Å². The quantitative estimate of drug-likeness (QED) is 0.826. The first-order valence-corrected chi connectivity index (χ1v) is 9.88. The van der Waals surface area contributed by atoms with E-state index < -0.39 is 5.97 Å². The second-order valence-electron chi connectivity index (χ2n) is 7.13. The number of likely N-dealkylation sites (tertiary alicyclic amines) is 2. The van der Waals surface area contributed by atoms with Crippen LogP contribution >= 0.6 is 23.2 Å². The van der Waals surface area contributed by atoms with Crippen LogP contribution in [0.5, 0.6) is 0 Å². The number of rotatable bonds is 3. The van der Waals surface area contributed by atoms with Gasteiger partial charge >= 0.3 is 5.97 Å². The lowest BCUT2D eigenvalue weighted by Gasteiger charge is -2.36. The molecule has 1 aromatic rings. The molecule has 6 nitrogen and oxygen atoms in total. The van der Waals surface area contributed by atoms with E-state index in [0.717, 1.165) is 0 Å². The summed E-state index contributed by atoms with van der Waals surface area (Å²) < 4.78 is 0. The number of aliphatic carboxylic acids is 1. The molecule has 0 spiro atoms. The molecule has 1 aromatic carbocycles. The van der Waals surface area contributed by atoms with Gasteiger partial charge in [-0.25, -0.2) is 0 Å². The second kappa shape index (κ2) is 8.48. The first-order valence-electron chi connectivity index (χ1n) is 9.12. The standard InChI is InChI=1S/C19H22Cl2N2O4/c20-14-1-2-16(21)15(11-14)18(25)23-7-3-12(4-8-23)17(24)22-9-5-13(6-10-22)19(26)27/h1-2,11-13H,3-10H2,(H,26,27). The third-order valence-corrected chi connectivity index (χ3v) is 6.01. The van der Waals surface area contributed by atoms with Crippen molar-refractivity contribution in [3.63, 3.8) is 0 Å². The van der Waals surface area contributed by atoms with E-state index >= 15 is 0 Å². The zero-order valence-corrected chi connectivity index (χ0v) is 16.4. The van der Waals surface area contributed by atoms with Crippen LogP contribution in [0.2, 0.25) is 10.0 Å². The molecule has 0 aromatic heterocycles. The van der Waals surface area contributed by atoms with Crippen molar-refractivity contribution in [1.82, 2.24) is 9.80 Å². The number of halogens is 2. The predicted molar refractivity (Wildman–Crippen MR) is 102 cm³/mol. The van der Waals surface area contributed by atoms with E-state index in [1.54, 1.807) is 28.0 Å². The number of carbonyl (C=O) groups is 3. The van der Waals surface area contributed by atoms with Gasteiger partial charge in [-0.15, -0.1) is 0 Å². The van der Waals surface area contributed by atoms with Gasteiger partial charge in [0.25, 0.3) is 5.91 Å². The molecule has 2 saturated heterocycles. The third kappa shape index (κ3) is 4.55. The number of hydrogen-bond donors (Lipinski definition) is 1. The van der Waals surface area contributed by atoms with Gasteiger partial charge in [0.15, 0.2) is 0 Å². The van der Waals surface area contributed by atoms with E-state index in [1.165, 1.54) is 0 Å². The summed E-state index contributed by atoms with van der Waals surface area (Å²) in [5.41, 5.74) is 0.379. The average molecular weight is 413 g/mol. The second-order valence-corrected chi connectivity index (χ2v) is 7.97. The van der Waals surface area contributed by atoms with Crippen LogP contribution in [0.3, 0.4) is 0 Å². The van der Waals surface area contributed by atoms with Crippen LogP contribution in [0.15, 0.2) is 18.2 Å². The highest BCUT2D eigenvalue weighted by Crippen LogP contribution is 2.27. The van der Waals surface area contributed by atoms with Crippen LogP contribution in [0.1, 0.15) is 36.0 Å². The number of hydrogen-bond acceptors (Lipinski definition) is 3. The first-order chi connectivity index (χ1) is 12.9. The summed E-state index contributed by atoms with van der Waals surface area (Å²) in [7, 11) is 0. The van der Waals surface area contributed by atoms with E-state index in [9.17, 15) is 14.4 Å². The summed E-state index contributed by atoms with van der Waals surface area (Å²) in [6.07, 6.45) is 2.21. The predicted octanol–water partition coefficient (Wildman–Crippen LogP) is 3.17. The van der Waals surface area contributed by atoms with Crippen LogP contribution in [0, 0.1) is 11.8 Å². The molecule has 0 radical (unpaired) electrons. The average Bonchev–Trinajstić information content (AvgIpc) is 2.69. The van der Waals surface area contributed by atoms with E-state index in [-0.39, 0.29) is 23.7 Å². The van der Waals surface area contributed by atoms with E-state index in [1.807, 2.05) is 0 Å². The van der Waals surface area contributed by atoms with Gasteiger partial charge in [-0.05, 0) is 43.9 Å². The van der Waals surface area contributed by atoms with Crippen LogP contribution in [-0.2, 0) is 9.59 Å². The summed E-state index contributed by atoms with van der Waals surface area (Å²) in [6.45, 7) is 1.97. The lowest BCUT2D eigenvalue weighted by Crippen LogP contribution is -2.47. The topological polar surface area (TPSA) is 77.9 Å². The van der Waals surface area contributed by atoms with Crippen molar-refractivity contribution in [1.29, 1.82) is 0 Å².